The van der Waals surface area contributed by atoms with Crippen molar-refractivity contribution in [2.45, 2.75) is 25.9 Å². The van der Waals surface area contributed by atoms with Crippen LogP contribution in [-0.2, 0) is 11.3 Å². The molecular weight excluding hydrogens is 295 g/mol. The van der Waals surface area contributed by atoms with Crippen LogP contribution in [0.25, 0.3) is 0 Å². The third kappa shape index (κ3) is 5.49. The molecule has 1 aromatic heterocycles. The maximum Gasteiger partial charge on any atom is 0.242 e. The summed E-state index contributed by atoms with van der Waals surface area (Å²) in [5.41, 5.74) is 1.78. The molecule has 0 saturated heterocycles. The summed E-state index contributed by atoms with van der Waals surface area (Å²) in [5.74, 6) is -0.389. The Morgan fingerprint density at radius 2 is 2.00 bits per heavy atom. The molecular formula is C17H23FN4O. The Balaban J connectivity index is 2.03. The van der Waals surface area contributed by atoms with Crippen molar-refractivity contribution in [2.24, 2.45) is 0 Å². The van der Waals surface area contributed by atoms with Gasteiger partial charge in [-0.3, -0.25) is 9.48 Å². The van der Waals surface area contributed by atoms with Gasteiger partial charge in [0.25, 0.3) is 0 Å². The number of aromatic nitrogens is 2. The number of hydrogen-bond acceptors (Lipinski definition) is 3. The molecule has 0 aliphatic rings. The van der Waals surface area contributed by atoms with E-state index in [1.807, 2.05) is 27.1 Å². The van der Waals surface area contributed by atoms with E-state index in [0.29, 0.717) is 0 Å². The first-order chi connectivity index (χ1) is 10.9. The van der Waals surface area contributed by atoms with Gasteiger partial charge >= 0.3 is 0 Å². The predicted molar refractivity (Wildman–Crippen MR) is 87.4 cm³/mol. The Labute approximate surface area is 136 Å². The predicted octanol–water partition coefficient (Wildman–Crippen LogP) is 2.14. The number of hydrogen-bond donors (Lipinski definition) is 1. The van der Waals surface area contributed by atoms with Gasteiger partial charge in [0.2, 0.25) is 5.91 Å². The fourth-order valence-corrected chi connectivity index (χ4v) is 2.34. The fourth-order valence-electron chi connectivity index (χ4n) is 2.34. The summed E-state index contributed by atoms with van der Waals surface area (Å²) in [6.07, 6.45) is 2.53. The average Bonchev–Trinajstić information content (AvgIpc) is 2.89. The minimum absolute atomic E-state index is 0.110. The maximum absolute atomic E-state index is 13.1. The van der Waals surface area contributed by atoms with Crippen molar-refractivity contribution < 1.29 is 9.18 Å². The normalized spacial score (nSPS) is 12.4. The third-order valence-electron chi connectivity index (χ3n) is 3.55. The zero-order valence-corrected chi connectivity index (χ0v) is 13.8. The van der Waals surface area contributed by atoms with E-state index in [-0.39, 0.29) is 24.3 Å². The maximum atomic E-state index is 13.1. The molecule has 0 bridgehead atoms. The SMILES string of the molecule is Cc1ccn(CC(=O)NC(CCN(C)C)c2ccc(F)cc2)n1. The van der Waals surface area contributed by atoms with E-state index in [1.54, 1.807) is 23.0 Å². The van der Waals surface area contributed by atoms with E-state index in [9.17, 15) is 9.18 Å². The standard InChI is InChI=1S/C17H23FN4O/c1-13-8-11-22(20-13)12-17(23)19-16(9-10-21(2)3)14-4-6-15(18)7-5-14/h4-8,11,16H,9-10,12H2,1-3H3,(H,19,23). The van der Waals surface area contributed by atoms with Crippen LogP contribution in [0.5, 0.6) is 0 Å². The van der Waals surface area contributed by atoms with Crippen molar-refractivity contribution in [1.29, 1.82) is 0 Å². The van der Waals surface area contributed by atoms with Crippen molar-refractivity contribution in [2.75, 3.05) is 20.6 Å². The van der Waals surface area contributed by atoms with Crippen molar-refractivity contribution in [1.82, 2.24) is 20.0 Å². The lowest BCUT2D eigenvalue weighted by Crippen LogP contribution is -2.33. The van der Waals surface area contributed by atoms with Crippen LogP contribution in [0.4, 0.5) is 4.39 Å². The van der Waals surface area contributed by atoms with E-state index < -0.39 is 0 Å². The van der Waals surface area contributed by atoms with Crippen LogP contribution in [0.15, 0.2) is 36.5 Å². The minimum atomic E-state index is -0.279. The Kier molecular flexibility index (Phi) is 5.87. The molecule has 0 saturated carbocycles. The third-order valence-corrected chi connectivity index (χ3v) is 3.55. The van der Waals surface area contributed by atoms with Gasteiger partial charge < -0.3 is 10.2 Å². The first-order valence-electron chi connectivity index (χ1n) is 7.63. The highest BCUT2D eigenvalue weighted by Gasteiger charge is 2.15. The second-order valence-corrected chi connectivity index (χ2v) is 5.92. The molecule has 0 radical (unpaired) electrons. The monoisotopic (exact) mass is 318 g/mol. The molecule has 1 unspecified atom stereocenters. The topological polar surface area (TPSA) is 50.2 Å². The fraction of sp³-hybridized carbons (Fsp3) is 0.412. The van der Waals surface area contributed by atoms with Gasteiger partial charge in [0, 0.05) is 6.20 Å². The number of carbonyl (C=O) groups is 1. The molecule has 1 amide bonds. The summed E-state index contributed by atoms with van der Waals surface area (Å²) in [7, 11) is 3.96. The molecule has 1 heterocycles. The number of aryl methyl sites for hydroxylation is 1. The number of amides is 1. The lowest BCUT2D eigenvalue weighted by Gasteiger charge is -2.21. The molecule has 0 aliphatic carbocycles. The van der Waals surface area contributed by atoms with E-state index in [4.69, 9.17) is 0 Å². The van der Waals surface area contributed by atoms with Gasteiger partial charge in [0.1, 0.15) is 12.4 Å². The van der Waals surface area contributed by atoms with Crippen LogP contribution in [0, 0.1) is 12.7 Å². The Morgan fingerprint density at radius 1 is 1.30 bits per heavy atom. The Morgan fingerprint density at radius 3 is 2.57 bits per heavy atom. The van der Waals surface area contributed by atoms with E-state index in [2.05, 4.69) is 15.3 Å². The van der Waals surface area contributed by atoms with Gasteiger partial charge in [-0.2, -0.15) is 5.10 Å². The number of benzene rings is 1. The smallest absolute Gasteiger partial charge is 0.242 e. The van der Waals surface area contributed by atoms with Crippen molar-refractivity contribution in [3.63, 3.8) is 0 Å². The molecule has 0 spiro atoms. The summed E-state index contributed by atoms with van der Waals surface area (Å²) in [6, 6.07) is 7.98. The average molecular weight is 318 g/mol. The second-order valence-electron chi connectivity index (χ2n) is 5.92. The molecule has 2 rings (SSSR count). The lowest BCUT2D eigenvalue weighted by molar-refractivity contribution is -0.122. The second kappa shape index (κ2) is 7.87. The van der Waals surface area contributed by atoms with E-state index >= 15 is 0 Å². The van der Waals surface area contributed by atoms with Crippen molar-refractivity contribution >= 4 is 5.91 Å². The Hall–Kier alpha value is -2.21. The molecule has 0 fully saturated rings. The number of nitrogens with zero attached hydrogens (tertiary/aromatic N) is 3. The van der Waals surface area contributed by atoms with Crippen molar-refractivity contribution in [3.05, 3.63) is 53.6 Å². The molecule has 2 aromatic rings. The van der Waals surface area contributed by atoms with Gasteiger partial charge in [0.15, 0.2) is 0 Å². The van der Waals surface area contributed by atoms with Gasteiger partial charge in [-0.15, -0.1) is 0 Å². The van der Waals surface area contributed by atoms with Gasteiger partial charge in [-0.25, -0.2) is 4.39 Å². The minimum Gasteiger partial charge on any atom is -0.348 e. The molecule has 23 heavy (non-hydrogen) atoms. The van der Waals surface area contributed by atoms with Gasteiger partial charge in [-0.1, -0.05) is 12.1 Å². The van der Waals surface area contributed by atoms with Crippen LogP contribution in [0.2, 0.25) is 0 Å². The summed E-state index contributed by atoms with van der Waals surface area (Å²) in [6.45, 7) is 2.88. The largest absolute Gasteiger partial charge is 0.348 e. The van der Waals surface area contributed by atoms with Gasteiger partial charge in [-0.05, 0) is 57.7 Å². The quantitative estimate of drug-likeness (QED) is 0.851. The molecule has 1 N–H and O–H groups in total. The highest BCUT2D eigenvalue weighted by atomic mass is 19.1. The Bertz CT molecular complexity index is 636. The number of nitrogens with one attached hydrogen (secondary N) is 1. The molecule has 0 aliphatic heterocycles. The van der Waals surface area contributed by atoms with Crippen LogP contribution in [0.1, 0.15) is 23.7 Å². The summed E-state index contributed by atoms with van der Waals surface area (Å²) in [5, 5.41) is 7.23. The summed E-state index contributed by atoms with van der Waals surface area (Å²) < 4.78 is 14.7. The summed E-state index contributed by atoms with van der Waals surface area (Å²) >= 11 is 0. The van der Waals surface area contributed by atoms with Crippen LogP contribution in [0.3, 0.4) is 0 Å². The molecule has 1 atom stereocenters. The lowest BCUT2D eigenvalue weighted by atomic mass is 10.0. The van der Waals surface area contributed by atoms with Crippen LogP contribution >= 0.6 is 0 Å². The first-order valence-corrected chi connectivity index (χ1v) is 7.63. The number of halogens is 1. The molecule has 1 aromatic carbocycles. The van der Waals surface area contributed by atoms with Crippen LogP contribution in [-0.4, -0.2) is 41.2 Å². The summed E-state index contributed by atoms with van der Waals surface area (Å²) in [4.78, 5) is 14.3. The highest BCUT2D eigenvalue weighted by molar-refractivity contribution is 5.76. The van der Waals surface area contributed by atoms with E-state index in [0.717, 1.165) is 24.2 Å². The van der Waals surface area contributed by atoms with Crippen molar-refractivity contribution in [3.8, 4) is 0 Å². The number of carbonyl (C=O) groups excluding carboxylic acids is 1. The molecule has 5 nitrogen and oxygen atoms in total. The zero-order valence-electron chi connectivity index (χ0n) is 13.8. The molecule has 6 heteroatoms. The first kappa shape index (κ1) is 17.1. The van der Waals surface area contributed by atoms with Gasteiger partial charge in [0.05, 0.1) is 11.7 Å². The molecule has 124 valence electrons. The van der Waals surface area contributed by atoms with Crippen LogP contribution < -0.4 is 5.32 Å². The highest BCUT2D eigenvalue weighted by Crippen LogP contribution is 2.17. The number of rotatable bonds is 7. The van der Waals surface area contributed by atoms with E-state index in [1.165, 1.54) is 12.1 Å². The zero-order chi connectivity index (χ0) is 16.8.